The summed E-state index contributed by atoms with van der Waals surface area (Å²) in [5.74, 6) is 0. The van der Waals surface area contributed by atoms with Gasteiger partial charge in [0.25, 0.3) is 0 Å². The van der Waals surface area contributed by atoms with Crippen LogP contribution in [0.25, 0.3) is 0 Å². The van der Waals surface area contributed by atoms with Gasteiger partial charge in [-0.1, -0.05) is 63.2 Å². The summed E-state index contributed by atoms with van der Waals surface area (Å²) in [7, 11) is 0. The topological polar surface area (TPSA) is 6.48 Å². The monoisotopic (exact) mass is 342 g/mol. The molecule has 26 heavy (non-hydrogen) atoms. The van der Waals surface area contributed by atoms with E-state index in [9.17, 15) is 0 Å². The molecule has 2 heteroatoms. The Morgan fingerprint density at radius 1 is 0.692 bits per heavy atom. The molecular weight excluding hydrogens is 316 g/mol. The Balaban J connectivity index is 1.79. The summed E-state index contributed by atoms with van der Waals surface area (Å²) < 4.78 is 0. The number of para-hydroxylation sites is 3. The van der Waals surface area contributed by atoms with Gasteiger partial charge in [0.15, 0.2) is 0 Å². The Morgan fingerprint density at radius 2 is 1.31 bits per heavy atom. The van der Waals surface area contributed by atoms with Crippen LogP contribution in [0.3, 0.4) is 0 Å². The number of rotatable bonds is 2. The number of nitrogens with zero attached hydrogens (tertiary/aromatic N) is 2. The Bertz CT molecular complexity index is 937. The average molecular weight is 342 g/mol. The molecule has 0 bridgehead atoms. The van der Waals surface area contributed by atoms with E-state index < -0.39 is 0 Å². The maximum Gasteiger partial charge on any atom is 0.100 e. The third-order valence-electron chi connectivity index (χ3n) is 5.18. The van der Waals surface area contributed by atoms with Gasteiger partial charge >= 0.3 is 0 Å². The van der Waals surface area contributed by atoms with E-state index in [-0.39, 0.29) is 5.41 Å². The van der Waals surface area contributed by atoms with Crippen molar-refractivity contribution < 1.29 is 0 Å². The molecule has 0 N–H and O–H groups in total. The minimum Gasteiger partial charge on any atom is -0.321 e. The van der Waals surface area contributed by atoms with Gasteiger partial charge in [0, 0.05) is 11.4 Å². The van der Waals surface area contributed by atoms with Gasteiger partial charge < -0.3 is 9.80 Å². The van der Waals surface area contributed by atoms with Crippen molar-refractivity contribution in [3.05, 3.63) is 83.9 Å². The summed E-state index contributed by atoms with van der Waals surface area (Å²) in [4.78, 5) is 4.82. The van der Waals surface area contributed by atoms with Crippen LogP contribution in [0.5, 0.6) is 0 Å². The van der Waals surface area contributed by atoms with Crippen LogP contribution in [0, 0.1) is 6.92 Å². The molecule has 4 rings (SSSR count). The van der Waals surface area contributed by atoms with Gasteiger partial charge in [-0.25, -0.2) is 0 Å². The fraction of sp³-hybridized carbons (Fsp3) is 0.250. The average Bonchev–Trinajstić information content (AvgIpc) is 3.01. The van der Waals surface area contributed by atoms with Crippen LogP contribution in [-0.4, -0.2) is 6.67 Å². The van der Waals surface area contributed by atoms with Crippen molar-refractivity contribution in [1.82, 2.24) is 0 Å². The highest BCUT2D eigenvalue weighted by atomic mass is 15.4. The molecule has 0 amide bonds. The molecule has 1 aliphatic heterocycles. The normalized spacial score (nSPS) is 13.8. The third-order valence-corrected chi connectivity index (χ3v) is 5.18. The largest absolute Gasteiger partial charge is 0.321 e. The highest BCUT2D eigenvalue weighted by molar-refractivity contribution is 5.87. The molecule has 0 saturated carbocycles. The number of benzene rings is 3. The van der Waals surface area contributed by atoms with Crippen LogP contribution in [0.2, 0.25) is 0 Å². The Kier molecular flexibility index (Phi) is 3.99. The van der Waals surface area contributed by atoms with Gasteiger partial charge in [0.1, 0.15) is 6.67 Å². The van der Waals surface area contributed by atoms with E-state index in [0.717, 1.165) is 6.67 Å². The third kappa shape index (κ3) is 2.86. The maximum absolute atomic E-state index is 2.41. The fourth-order valence-corrected chi connectivity index (χ4v) is 3.65. The van der Waals surface area contributed by atoms with Gasteiger partial charge in [-0.05, 0) is 53.8 Å². The molecule has 3 aromatic carbocycles. The van der Waals surface area contributed by atoms with Crippen molar-refractivity contribution in [3.8, 4) is 0 Å². The standard InChI is InChI=1S/C24H26N2/c1-18-10-5-6-13-21(18)26-17-25(22-14-7-8-15-23(22)26)20-12-9-11-19(16-20)24(2,3)4/h5-16H,17H2,1-4H3. The maximum atomic E-state index is 2.41. The Labute approximate surface area is 156 Å². The van der Waals surface area contributed by atoms with Gasteiger partial charge in [-0.3, -0.25) is 0 Å². The number of anilines is 4. The summed E-state index contributed by atoms with van der Waals surface area (Å²) in [6, 6.07) is 26.2. The zero-order valence-corrected chi connectivity index (χ0v) is 16.0. The molecule has 2 nitrogen and oxygen atoms in total. The first-order chi connectivity index (χ1) is 12.4. The molecule has 0 aromatic heterocycles. The predicted octanol–water partition coefficient (Wildman–Crippen LogP) is 6.54. The van der Waals surface area contributed by atoms with Crippen LogP contribution in [0.15, 0.2) is 72.8 Å². The number of aryl methyl sites for hydroxylation is 1. The van der Waals surface area contributed by atoms with Gasteiger partial charge in [0.05, 0.1) is 11.4 Å². The van der Waals surface area contributed by atoms with Crippen LogP contribution in [-0.2, 0) is 5.41 Å². The lowest BCUT2D eigenvalue weighted by Gasteiger charge is -2.25. The van der Waals surface area contributed by atoms with Crippen molar-refractivity contribution in [2.45, 2.75) is 33.1 Å². The first kappa shape index (κ1) is 16.7. The van der Waals surface area contributed by atoms with Gasteiger partial charge in [0.2, 0.25) is 0 Å². The second kappa shape index (κ2) is 6.21. The van der Waals surface area contributed by atoms with E-state index in [1.807, 2.05) is 0 Å². The molecule has 132 valence electrons. The minimum atomic E-state index is 0.144. The van der Waals surface area contributed by atoms with E-state index >= 15 is 0 Å². The Morgan fingerprint density at radius 3 is 1.96 bits per heavy atom. The summed E-state index contributed by atoms with van der Waals surface area (Å²) in [6.45, 7) is 9.82. The SMILES string of the molecule is Cc1ccccc1N1CN(c2cccc(C(C)(C)C)c2)c2ccccc21. The fourth-order valence-electron chi connectivity index (χ4n) is 3.65. The summed E-state index contributed by atoms with van der Waals surface area (Å²) >= 11 is 0. The molecule has 1 heterocycles. The number of hydrogen-bond donors (Lipinski definition) is 0. The second-order valence-corrected chi connectivity index (χ2v) is 8.07. The van der Waals surface area contributed by atoms with Crippen LogP contribution < -0.4 is 9.80 Å². The lowest BCUT2D eigenvalue weighted by molar-refractivity contribution is 0.590. The van der Waals surface area contributed by atoms with Crippen molar-refractivity contribution >= 4 is 22.7 Å². The molecule has 0 unspecified atom stereocenters. The van der Waals surface area contributed by atoms with E-state index in [0.29, 0.717) is 0 Å². The van der Waals surface area contributed by atoms with Crippen molar-refractivity contribution in [2.24, 2.45) is 0 Å². The first-order valence-electron chi connectivity index (χ1n) is 9.25. The molecule has 0 saturated heterocycles. The molecule has 1 aliphatic rings. The molecule has 3 aromatic rings. The van der Waals surface area contributed by atoms with Crippen molar-refractivity contribution in [1.29, 1.82) is 0 Å². The van der Waals surface area contributed by atoms with Crippen molar-refractivity contribution in [3.63, 3.8) is 0 Å². The molecule has 0 fully saturated rings. The lowest BCUT2D eigenvalue weighted by atomic mass is 9.87. The summed E-state index contributed by atoms with van der Waals surface area (Å²) in [5, 5.41) is 0. The van der Waals surface area contributed by atoms with E-state index in [2.05, 4.69) is 110 Å². The quantitative estimate of drug-likeness (QED) is 0.522. The molecular formula is C24H26N2. The molecule has 0 spiro atoms. The van der Waals surface area contributed by atoms with Gasteiger partial charge in [-0.2, -0.15) is 0 Å². The first-order valence-corrected chi connectivity index (χ1v) is 9.25. The molecule has 0 radical (unpaired) electrons. The second-order valence-electron chi connectivity index (χ2n) is 8.07. The van der Waals surface area contributed by atoms with E-state index in [1.54, 1.807) is 0 Å². The zero-order valence-electron chi connectivity index (χ0n) is 16.0. The van der Waals surface area contributed by atoms with E-state index in [4.69, 9.17) is 0 Å². The highest BCUT2D eigenvalue weighted by Crippen LogP contribution is 2.45. The van der Waals surface area contributed by atoms with Crippen molar-refractivity contribution in [2.75, 3.05) is 16.5 Å². The molecule has 0 aliphatic carbocycles. The van der Waals surface area contributed by atoms with Crippen LogP contribution in [0.1, 0.15) is 31.9 Å². The Hall–Kier alpha value is -2.74. The summed E-state index contributed by atoms with van der Waals surface area (Å²) in [6.07, 6.45) is 0. The van der Waals surface area contributed by atoms with Crippen LogP contribution >= 0.6 is 0 Å². The van der Waals surface area contributed by atoms with Crippen LogP contribution in [0.4, 0.5) is 22.7 Å². The van der Waals surface area contributed by atoms with Gasteiger partial charge in [-0.15, -0.1) is 0 Å². The minimum absolute atomic E-state index is 0.144. The zero-order chi connectivity index (χ0) is 18.3. The highest BCUT2D eigenvalue weighted by Gasteiger charge is 2.28. The number of hydrogen-bond acceptors (Lipinski definition) is 2. The smallest absolute Gasteiger partial charge is 0.100 e. The molecule has 0 atom stereocenters. The summed E-state index contributed by atoms with van der Waals surface area (Å²) in [5.41, 5.74) is 7.86. The predicted molar refractivity (Wildman–Crippen MR) is 112 cm³/mol. The van der Waals surface area contributed by atoms with E-state index in [1.165, 1.54) is 33.9 Å². The number of fused-ring (bicyclic) bond motifs is 1. The lowest BCUT2D eigenvalue weighted by Crippen LogP contribution is -2.24.